The molecule has 0 bridgehead atoms. The monoisotopic (exact) mass is 549 g/mol. The molecule has 12 nitrogen and oxygen atoms in total. The first-order valence-electron chi connectivity index (χ1n) is 13.4. The summed E-state index contributed by atoms with van der Waals surface area (Å²) in [4.78, 5) is 30.8. The van der Waals surface area contributed by atoms with Crippen LogP contribution in [0.25, 0.3) is 11.1 Å². The van der Waals surface area contributed by atoms with Crippen molar-refractivity contribution in [1.29, 1.82) is 0 Å². The van der Waals surface area contributed by atoms with Gasteiger partial charge >= 0.3 is 6.09 Å². The molecule has 3 aromatic rings. The molecule has 2 unspecified atom stereocenters. The Morgan fingerprint density at radius 1 is 1.27 bits per heavy atom. The molecule has 5 rings (SSSR count). The van der Waals surface area contributed by atoms with Crippen molar-refractivity contribution in [3.63, 3.8) is 0 Å². The van der Waals surface area contributed by atoms with Crippen LogP contribution in [-0.2, 0) is 17.7 Å². The van der Waals surface area contributed by atoms with Crippen LogP contribution < -0.4 is 20.7 Å². The van der Waals surface area contributed by atoms with E-state index < -0.39 is 6.09 Å². The number of amides is 1. The summed E-state index contributed by atoms with van der Waals surface area (Å²) in [7, 11) is 4.05. The molecule has 1 fully saturated rings. The molecule has 40 heavy (non-hydrogen) atoms. The summed E-state index contributed by atoms with van der Waals surface area (Å²) in [5.41, 5.74) is 3.80. The van der Waals surface area contributed by atoms with Crippen molar-refractivity contribution < 1.29 is 24.2 Å². The third-order valence-electron chi connectivity index (χ3n) is 7.03. The van der Waals surface area contributed by atoms with Crippen LogP contribution in [0.3, 0.4) is 0 Å². The first-order valence-corrected chi connectivity index (χ1v) is 13.4. The quantitative estimate of drug-likeness (QED) is 0.298. The molecule has 2 aliphatic heterocycles. The van der Waals surface area contributed by atoms with E-state index in [9.17, 15) is 9.59 Å². The van der Waals surface area contributed by atoms with E-state index in [4.69, 9.17) is 14.6 Å². The van der Waals surface area contributed by atoms with Crippen LogP contribution in [0.2, 0.25) is 0 Å². The highest BCUT2D eigenvalue weighted by molar-refractivity contribution is 5.94. The predicted octanol–water partition coefficient (Wildman–Crippen LogP) is 2.40. The van der Waals surface area contributed by atoms with Crippen LogP contribution in [0, 0.1) is 0 Å². The number of carboxylic acid groups (broad SMARTS) is 1. The molecule has 0 spiro atoms. The van der Waals surface area contributed by atoms with E-state index in [0.29, 0.717) is 61.0 Å². The Morgan fingerprint density at radius 3 is 2.90 bits per heavy atom. The lowest BCUT2D eigenvalue weighted by molar-refractivity contribution is 0.0199. The zero-order valence-electron chi connectivity index (χ0n) is 22.7. The van der Waals surface area contributed by atoms with E-state index in [0.717, 1.165) is 35.2 Å². The van der Waals surface area contributed by atoms with Crippen LogP contribution in [0.1, 0.15) is 34.3 Å². The molecule has 1 saturated heterocycles. The van der Waals surface area contributed by atoms with Gasteiger partial charge in [-0.2, -0.15) is 9.78 Å². The van der Waals surface area contributed by atoms with E-state index in [2.05, 4.69) is 30.9 Å². The lowest BCUT2D eigenvalue weighted by atomic mass is 10.1. The molecule has 1 amide bonds. The molecule has 1 aromatic carbocycles. The molecule has 12 heteroatoms. The van der Waals surface area contributed by atoms with E-state index in [-0.39, 0.29) is 18.2 Å². The minimum atomic E-state index is -1.16. The van der Waals surface area contributed by atoms with Crippen molar-refractivity contribution in [2.24, 2.45) is 0 Å². The van der Waals surface area contributed by atoms with Crippen LogP contribution >= 0.6 is 0 Å². The molecule has 0 aliphatic carbocycles. The molecule has 4 heterocycles. The maximum absolute atomic E-state index is 13.0. The van der Waals surface area contributed by atoms with Crippen molar-refractivity contribution >= 4 is 17.8 Å². The van der Waals surface area contributed by atoms with Gasteiger partial charge in [-0.05, 0) is 44.6 Å². The Kier molecular flexibility index (Phi) is 8.58. The maximum Gasteiger partial charge on any atom is 0.432 e. The second-order valence-electron chi connectivity index (χ2n) is 10.2. The number of carbonyl (C=O) groups excluding carboxylic acids is 1. The Bertz CT molecular complexity index is 1350. The Hall–Kier alpha value is -4.00. The largest absolute Gasteiger partial charge is 0.492 e. The van der Waals surface area contributed by atoms with Gasteiger partial charge in [0, 0.05) is 60.7 Å². The SMILES string of the molecule is CN(C)CCOC1CCC(NC(=O)c2cccc(CNc3ncc(-c4cnn(C(=O)O)c4)c4c3CCO4)c2)NC1. The number of ether oxygens (including phenoxy) is 2. The first-order chi connectivity index (χ1) is 19.4. The van der Waals surface area contributed by atoms with Gasteiger partial charge in [0.2, 0.25) is 0 Å². The van der Waals surface area contributed by atoms with Crippen LogP contribution in [0.15, 0.2) is 42.9 Å². The number of pyridine rings is 1. The number of nitrogens with zero attached hydrogens (tertiary/aromatic N) is 4. The van der Waals surface area contributed by atoms with Crippen molar-refractivity contribution in [2.45, 2.75) is 38.1 Å². The number of anilines is 1. The van der Waals surface area contributed by atoms with Gasteiger partial charge in [0.05, 0.1) is 31.7 Å². The van der Waals surface area contributed by atoms with Gasteiger partial charge in [0.1, 0.15) is 11.6 Å². The number of aromatic nitrogens is 3. The maximum atomic E-state index is 13.0. The van der Waals surface area contributed by atoms with Gasteiger partial charge in [-0.3, -0.25) is 10.1 Å². The van der Waals surface area contributed by atoms with Crippen LogP contribution in [0.5, 0.6) is 5.75 Å². The van der Waals surface area contributed by atoms with E-state index in [1.165, 1.54) is 12.4 Å². The van der Waals surface area contributed by atoms with E-state index in [1.54, 1.807) is 6.20 Å². The number of piperidine rings is 1. The zero-order chi connectivity index (χ0) is 28.1. The number of carbonyl (C=O) groups is 2. The van der Waals surface area contributed by atoms with E-state index >= 15 is 0 Å². The van der Waals surface area contributed by atoms with Gasteiger partial charge in [-0.15, -0.1) is 0 Å². The topological polar surface area (TPSA) is 143 Å². The highest BCUT2D eigenvalue weighted by Gasteiger charge is 2.24. The second kappa shape index (κ2) is 12.5. The minimum absolute atomic E-state index is 0.0871. The first kappa shape index (κ1) is 27.6. The van der Waals surface area contributed by atoms with Crippen LogP contribution in [-0.4, -0.2) is 89.4 Å². The fourth-order valence-electron chi connectivity index (χ4n) is 4.86. The molecule has 4 N–H and O–H groups in total. The fraction of sp³-hybridized carbons (Fsp3) is 0.429. The lowest BCUT2D eigenvalue weighted by Gasteiger charge is -2.30. The fourth-order valence-corrected chi connectivity index (χ4v) is 4.86. The predicted molar refractivity (Wildman–Crippen MR) is 149 cm³/mol. The van der Waals surface area contributed by atoms with Gasteiger partial charge in [-0.1, -0.05) is 12.1 Å². The van der Waals surface area contributed by atoms with Gasteiger partial charge < -0.3 is 30.1 Å². The second-order valence-corrected chi connectivity index (χ2v) is 10.2. The molecule has 2 atom stereocenters. The van der Waals surface area contributed by atoms with Gasteiger partial charge in [0.25, 0.3) is 5.91 Å². The third-order valence-corrected chi connectivity index (χ3v) is 7.03. The van der Waals surface area contributed by atoms with Crippen molar-refractivity contribution in [2.75, 3.05) is 45.7 Å². The normalized spacial score (nSPS) is 18.3. The third kappa shape index (κ3) is 6.58. The Balaban J connectivity index is 1.17. The summed E-state index contributed by atoms with van der Waals surface area (Å²) < 4.78 is 12.6. The van der Waals surface area contributed by atoms with Gasteiger partial charge in [0.15, 0.2) is 0 Å². The van der Waals surface area contributed by atoms with Gasteiger partial charge in [-0.25, -0.2) is 9.78 Å². The van der Waals surface area contributed by atoms with Crippen molar-refractivity contribution in [1.82, 2.24) is 30.3 Å². The number of likely N-dealkylation sites (N-methyl/N-ethyl adjacent to an activating group) is 1. The number of hydrogen-bond acceptors (Lipinski definition) is 9. The molecule has 0 saturated carbocycles. The molecular weight excluding hydrogens is 514 g/mol. The standard InChI is InChI=1S/C28H35N7O5/c1-34(2)9-11-39-21-6-7-24(29-15-21)33-27(36)19-5-3-4-18(12-19)13-30-26-22-8-10-40-25(22)23(16-31-26)20-14-32-35(17-20)28(37)38/h3-5,12,14,16-17,21,24,29H,6-11,13,15H2,1-2H3,(H,30,31)(H,33,36)(H,37,38). The molecular formula is C28H35N7O5. The summed E-state index contributed by atoms with van der Waals surface area (Å²) >= 11 is 0. The smallest absolute Gasteiger partial charge is 0.432 e. The minimum Gasteiger partial charge on any atom is -0.492 e. The van der Waals surface area contributed by atoms with E-state index in [1.807, 2.05) is 38.4 Å². The van der Waals surface area contributed by atoms with Crippen LogP contribution in [0.4, 0.5) is 10.6 Å². The number of rotatable bonds is 10. The molecule has 0 radical (unpaired) electrons. The Morgan fingerprint density at radius 2 is 2.15 bits per heavy atom. The number of nitrogens with one attached hydrogen (secondary N) is 3. The average molecular weight is 550 g/mol. The molecule has 2 aliphatic rings. The highest BCUT2D eigenvalue weighted by Crippen LogP contribution is 2.39. The average Bonchev–Trinajstić information content (AvgIpc) is 3.64. The Labute approximate surface area is 232 Å². The summed E-state index contributed by atoms with van der Waals surface area (Å²) in [6.45, 7) is 3.30. The summed E-state index contributed by atoms with van der Waals surface area (Å²) in [6.07, 6.45) is 5.90. The molecule has 2 aromatic heterocycles. The highest BCUT2D eigenvalue weighted by atomic mass is 16.5. The number of fused-ring (bicyclic) bond motifs is 1. The van der Waals surface area contributed by atoms with Crippen molar-refractivity contribution in [3.05, 3.63) is 59.5 Å². The van der Waals surface area contributed by atoms with Crippen molar-refractivity contribution in [3.8, 4) is 16.9 Å². The number of benzene rings is 1. The summed E-state index contributed by atoms with van der Waals surface area (Å²) in [6, 6.07) is 7.52. The lowest BCUT2D eigenvalue weighted by Crippen LogP contribution is -2.52. The molecule has 212 valence electrons. The summed E-state index contributed by atoms with van der Waals surface area (Å²) in [5, 5.41) is 22.9. The number of hydrogen-bond donors (Lipinski definition) is 4. The summed E-state index contributed by atoms with van der Waals surface area (Å²) in [5.74, 6) is 1.26. The zero-order valence-corrected chi connectivity index (χ0v) is 22.7.